The van der Waals surface area contributed by atoms with Crippen molar-refractivity contribution in [1.82, 2.24) is 5.32 Å². The maximum absolute atomic E-state index is 11.1. The molecular formula is C11H21NO. The van der Waals surface area contributed by atoms with Crippen LogP contribution in [0.2, 0.25) is 0 Å². The minimum absolute atomic E-state index is 0.361. The standard InChI is InChI=1S/C11H21NO/c1-8(12-3)10-4-6-11(7-5-10)9(2)13/h8,10-12H,4-7H2,1-3H3. The molecule has 1 aliphatic rings. The molecule has 1 saturated carbocycles. The Morgan fingerprint density at radius 1 is 1.31 bits per heavy atom. The first-order valence-electron chi connectivity index (χ1n) is 5.33. The monoisotopic (exact) mass is 183 g/mol. The average Bonchev–Trinajstić information content (AvgIpc) is 2.17. The van der Waals surface area contributed by atoms with Gasteiger partial charge in [0.1, 0.15) is 5.78 Å². The van der Waals surface area contributed by atoms with Gasteiger partial charge in [0.05, 0.1) is 0 Å². The summed E-state index contributed by atoms with van der Waals surface area (Å²) in [6.45, 7) is 3.96. The molecular weight excluding hydrogens is 162 g/mol. The van der Waals surface area contributed by atoms with Gasteiger partial charge in [-0.05, 0) is 52.5 Å². The van der Waals surface area contributed by atoms with Gasteiger partial charge in [0.2, 0.25) is 0 Å². The van der Waals surface area contributed by atoms with Gasteiger partial charge >= 0.3 is 0 Å². The summed E-state index contributed by atoms with van der Waals surface area (Å²) in [5, 5.41) is 3.29. The highest BCUT2D eigenvalue weighted by Crippen LogP contribution is 2.30. The zero-order valence-electron chi connectivity index (χ0n) is 8.97. The first kappa shape index (κ1) is 10.7. The van der Waals surface area contributed by atoms with Crippen LogP contribution in [0.5, 0.6) is 0 Å². The van der Waals surface area contributed by atoms with Crippen LogP contribution in [0.15, 0.2) is 0 Å². The lowest BCUT2D eigenvalue weighted by Crippen LogP contribution is -2.34. The van der Waals surface area contributed by atoms with Gasteiger partial charge in [-0.25, -0.2) is 0 Å². The summed E-state index contributed by atoms with van der Waals surface area (Å²) < 4.78 is 0. The number of hydrogen-bond donors (Lipinski definition) is 1. The molecule has 0 radical (unpaired) electrons. The molecule has 1 unspecified atom stereocenters. The second-order valence-corrected chi connectivity index (χ2v) is 4.30. The topological polar surface area (TPSA) is 29.1 Å². The van der Waals surface area contributed by atoms with E-state index in [1.165, 1.54) is 12.8 Å². The fourth-order valence-corrected chi connectivity index (χ4v) is 2.26. The van der Waals surface area contributed by atoms with Crippen molar-refractivity contribution in [2.75, 3.05) is 7.05 Å². The molecule has 0 aliphatic heterocycles. The van der Waals surface area contributed by atoms with E-state index in [0.29, 0.717) is 17.7 Å². The molecule has 0 bridgehead atoms. The summed E-state index contributed by atoms with van der Waals surface area (Å²) in [5.74, 6) is 1.52. The number of carbonyl (C=O) groups excluding carboxylic acids is 1. The van der Waals surface area contributed by atoms with E-state index in [1.54, 1.807) is 6.92 Å². The van der Waals surface area contributed by atoms with Crippen LogP contribution < -0.4 is 5.32 Å². The second kappa shape index (κ2) is 4.75. The predicted octanol–water partition coefficient (Wildman–Crippen LogP) is 1.99. The fraction of sp³-hybridized carbons (Fsp3) is 0.909. The van der Waals surface area contributed by atoms with Crippen LogP contribution in [0.3, 0.4) is 0 Å². The van der Waals surface area contributed by atoms with Crippen molar-refractivity contribution >= 4 is 5.78 Å². The van der Waals surface area contributed by atoms with Crippen LogP contribution in [-0.2, 0) is 4.79 Å². The van der Waals surface area contributed by atoms with Crippen molar-refractivity contribution in [1.29, 1.82) is 0 Å². The molecule has 76 valence electrons. The van der Waals surface area contributed by atoms with Gasteiger partial charge < -0.3 is 5.32 Å². The van der Waals surface area contributed by atoms with Gasteiger partial charge in [-0.2, -0.15) is 0 Å². The zero-order chi connectivity index (χ0) is 9.84. The summed E-state index contributed by atoms with van der Waals surface area (Å²) in [6.07, 6.45) is 4.64. The van der Waals surface area contributed by atoms with Crippen molar-refractivity contribution in [2.24, 2.45) is 11.8 Å². The summed E-state index contributed by atoms with van der Waals surface area (Å²) in [7, 11) is 2.02. The van der Waals surface area contributed by atoms with Crippen molar-refractivity contribution in [3.05, 3.63) is 0 Å². The van der Waals surface area contributed by atoms with E-state index in [9.17, 15) is 4.79 Å². The largest absolute Gasteiger partial charge is 0.317 e. The normalized spacial score (nSPS) is 31.3. The number of nitrogens with one attached hydrogen (secondary N) is 1. The summed E-state index contributed by atoms with van der Waals surface area (Å²) in [4.78, 5) is 11.1. The minimum atomic E-state index is 0.361. The predicted molar refractivity (Wildman–Crippen MR) is 54.7 cm³/mol. The lowest BCUT2D eigenvalue weighted by molar-refractivity contribution is -0.121. The van der Waals surface area contributed by atoms with E-state index in [2.05, 4.69) is 12.2 Å². The van der Waals surface area contributed by atoms with E-state index in [-0.39, 0.29) is 0 Å². The maximum Gasteiger partial charge on any atom is 0.132 e. The van der Waals surface area contributed by atoms with Crippen LogP contribution in [0.25, 0.3) is 0 Å². The van der Waals surface area contributed by atoms with E-state index in [1.807, 2.05) is 7.05 Å². The molecule has 0 aromatic rings. The average molecular weight is 183 g/mol. The molecule has 2 nitrogen and oxygen atoms in total. The van der Waals surface area contributed by atoms with Crippen LogP contribution in [0, 0.1) is 11.8 Å². The maximum atomic E-state index is 11.1. The van der Waals surface area contributed by atoms with E-state index >= 15 is 0 Å². The fourth-order valence-electron chi connectivity index (χ4n) is 2.26. The zero-order valence-corrected chi connectivity index (χ0v) is 8.97. The van der Waals surface area contributed by atoms with Crippen molar-refractivity contribution in [2.45, 2.75) is 45.6 Å². The van der Waals surface area contributed by atoms with Gasteiger partial charge in [0, 0.05) is 12.0 Å². The Morgan fingerprint density at radius 2 is 1.85 bits per heavy atom. The van der Waals surface area contributed by atoms with Gasteiger partial charge in [-0.3, -0.25) is 4.79 Å². The van der Waals surface area contributed by atoms with Crippen molar-refractivity contribution < 1.29 is 4.79 Å². The first-order chi connectivity index (χ1) is 6.15. The van der Waals surface area contributed by atoms with Crippen LogP contribution in [0.4, 0.5) is 0 Å². The van der Waals surface area contributed by atoms with E-state index < -0.39 is 0 Å². The Labute approximate surface area is 81.1 Å². The lowest BCUT2D eigenvalue weighted by atomic mass is 9.77. The quantitative estimate of drug-likeness (QED) is 0.725. The highest BCUT2D eigenvalue weighted by molar-refractivity contribution is 5.78. The molecule has 2 heteroatoms. The molecule has 0 aromatic carbocycles. The molecule has 13 heavy (non-hydrogen) atoms. The molecule has 0 aromatic heterocycles. The number of Topliss-reactive ketones (excluding diaryl/α,β-unsaturated/α-hetero) is 1. The summed E-state index contributed by atoms with van der Waals surface area (Å²) >= 11 is 0. The lowest BCUT2D eigenvalue weighted by Gasteiger charge is -2.30. The van der Waals surface area contributed by atoms with Crippen molar-refractivity contribution in [3.63, 3.8) is 0 Å². The van der Waals surface area contributed by atoms with Gasteiger partial charge in [-0.15, -0.1) is 0 Å². The third kappa shape index (κ3) is 2.80. The highest BCUT2D eigenvalue weighted by Gasteiger charge is 2.26. The molecule has 1 aliphatic carbocycles. The SMILES string of the molecule is CNC(C)C1CCC(C(C)=O)CC1. The van der Waals surface area contributed by atoms with E-state index in [4.69, 9.17) is 0 Å². The summed E-state index contributed by atoms with van der Waals surface area (Å²) in [5.41, 5.74) is 0. The highest BCUT2D eigenvalue weighted by atomic mass is 16.1. The third-order valence-corrected chi connectivity index (χ3v) is 3.51. The molecule has 0 amide bonds. The molecule has 0 heterocycles. The molecule has 0 saturated heterocycles. The number of hydrogen-bond acceptors (Lipinski definition) is 2. The van der Waals surface area contributed by atoms with Gasteiger partial charge in [0.15, 0.2) is 0 Å². The Kier molecular flexibility index (Phi) is 3.91. The molecule has 1 N–H and O–H groups in total. The first-order valence-corrected chi connectivity index (χ1v) is 5.33. The number of carbonyl (C=O) groups is 1. The third-order valence-electron chi connectivity index (χ3n) is 3.51. The van der Waals surface area contributed by atoms with E-state index in [0.717, 1.165) is 18.8 Å². The number of rotatable bonds is 3. The van der Waals surface area contributed by atoms with Gasteiger partial charge in [-0.1, -0.05) is 0 Å². The Balaban J connectivity index is 2.34. The molecule has 1 atom stereocenters. The minimum Gasteiger partial charge on any atom is -0.317 e. The van der Waals surface area contributed by atoms with Crippen LogP contribution in [-0.4, -0.2) is 18.9 Å². The smallest absolute Gasteiger partial charge is 0.132 e. The Morgan fingerprint density at radius 3 is 2.23 bits per heavy atom. The second-order valence-electron chi connectivity index (χ2n) is 4.30. The number of ketones is 1. The van der Waals surface area contributed by atoms with Crippen LogP contribution in [0.1, 0.15) is 39.5 Å². The summed E-state index contributed by atoms with van der Waals surface area (Å²) in [6, 6.07) is 0.605. The van der Waals surface area contributed by atoms with Crippen molar-refractivity contribution in [3.8, 4) is 0 Å². The van der Waals surface area contributed by atoms with Crippen LogP contribution >= 0.6 is 0 Å². The molecule has 0 spiro atoms. The molecule has 1 fully saturated rings. The Bertz CT molecular complexity index is 171. The van der Waals surface area contributed by atoms with Gasteiger partial charge in [0.25, 0.3) is 0 Å². The Hall–Kier alpha value is -0.370. The molecule has 1 rings (SSSR count).